The predicted octanol–water partition coefficient (Wildman–Crippen LogP) is 19.4. The molecule has 0 radical (unpaired) electrons. The fourth-order valence-electron chi connectivity index (χ4n) is 12.8. The van der Waals surface area contributed by atoms with Gasteiger partial charge in [0.05, 0.1) is 0 Å². The molecular weight excluding hydrogens is 1180 g/mol. The van der Waals surface area contributed by atoms with Crippen LogP contribution < -0.4 is 24.3 Å². The Hall–Kier alpha value is -8.37. The van der Waals surface area contributed by atoms with Crippen molar-refractivity contribution in [3.63, 3.8) is 0 Å². The number of aryl methyl sites for hydroxylation is 6. The quantitative estimate of drug-likeness (QED) is 0.150. The van der Waals surface area contributed by atoms with Gasteiger partial charge >= 0.3 is 494 Å². The van der Waals surface area contributed by atoms with E-state index in [4.69, 9.17) is 4.74 Å². The van der Waals surface area contributed by atoms with Crippen molar-refractivity contribution in [1.29, 1.82) is 0 Å². The summed E-state index contributed by atoms with van der Waals surface area (Å²) in [6.45, 7) is 18.5. The molecule has 0 aromatic heterocycles. The van der Waals surface area contributed by atoms with Gasteiger partial charge in [-0.3, -0.25) is 0 Å². The normalized spacial score (nSPS) is 14.9. The summed E-state index contributed by atoms with van der Waals surface area (Å²) in [6, 6.07) is 80.1. The van der Waals surface area contributed by atoms with E-state index in [2.05, 4.69) is 281 Å². The van der Waals surface area contributed by atoms with E-state index in [1.165, 1.54) is 109 Å². The molecule has 10 aromatic carbocycles. The average Bonchev–Trinajstić information content (AvgIpc) is 1.98. The molecule has 0 fully saturated rings. The van der Waals surface area contributed by atoms with Crippen molar-refractivity contribution in [2.45, 2.75) is 91.9 Å². The van der Waals surface area contributed by atoms with E-state index >= 15 is 0 Å². The molecule has 406 valence electrons. The van der Waals surface area contributed by atoms with Crippen LogP contribution >= 0.6 is 0 Å². The standard InChI is InChI=1S/C76H66N4O.Pt/c1-49-37-65-55-29-21-51(22-30-55)17-19-53-25-33-57(34-26-53)67-39-50(2)40-68-58-35-27-54(28-36-58)20-18-52-23-31-56(32-24-52)66(38-49)73(65)79-47-77(69-13-9-11-15-71(69)79)61-41-59(75(3,4)5)43-63(45-61)81-64-44-60(76(6,7)8)42-62(46-64)78-48-80(74(67)68)72-16-12-10-14-70(72)78;/h9-16,21-46H,17-20H2,1-8H3;. The zero-order valence-electron chi connectivity index (χ0n) is 48.0. The van der Waals surface area contributed by atoms with E-state index in [1.807, 2.05) is 0 Å². The van der Waals surface area contributed by atoms with E-state index in [0.717, 1.165) is 71.3 Å². The van der Waals surface area contributed by atoms with Gasteiger partial charge in [-0.05, 0) is 0 Å². The van der Waals surface area contributed by atoms with Gasteiger partial charge in [-0.25, -0.2) is 0 Å². The number of benzene rings is 10. The Labute approximate surface area is 491 Å². The number of hydrogen-bond donors (Lipinski definition) is 0. The number of ether oxygens (including phenoxy) is 1. The topological polar surface area (TPSA) is 22.2 Å². The molecule has 82 heavy (non-hydrogen) atoms. The van der Waals surface area contributed by atoms with Crippen molar-refractivity contribution in [2.75, 3.05) is 19.6 Å². The number of anilines is 8. The molecule has 0 spiro atoms. The molecule has 0 N–H and O–H groups in total. The molecule has 5 nitrogen and oxygen atoms in total. The second-order valence-electron chi connectivity index (χ2n) is 25.1. The Morgan fingerprint density at radius 1 is 0.341 bits per heavy atom. The van der Waals surface area contributed by atoms with Crippen LogP contribution in [0.3, 0.4) is 0 Å². The first-order valence-corrected chi connectivity index (χ1v) is 31.3. The first kappa shape index (κ1) is 50.6. The van der Waals surface area contributed by atoms with E-state index in [1.54, 1.807) is 0 Å². The van der Waals surface area contributed by atoms with Crippen molar-refractivity contribution >= 4 is 53.8 Å². The molecule has 0 saturated heterocycles. The minimum atomic E-state index is -1.28. The number of fused-ring (bicyclic) bond motifs is 14. The van der Waals surface area contributed by atoms with Crippen LogP contribution in [-0.2, 0) is 54.2 Å². The summed E-state index contributed by atoms with van der Waals surface area (Å²) in [5, 5.41) is 0. The van der Waals surface area contributed by atoms with Crippen LogP contribution in [0.15, 0.2) is 206 Å². The number of hydrogen-bond acceptors (Lipinski definition) is 5. The van der Waals surface area contributed by atoms with Gasteiger partial charge in [0, 0.05) is 0 Å². The van der Waals surface area contributed by atoms with Crippen LogP contribution in [-0.4, -0.2) is 8.29 Å². The van der Waals surface area contributed by atoms with Gasteiger partial charge in [-0.15, -0.1) is 0 Å². The van der Waals surface area contributed by atoms with Gasteiger partial charge in [0.25, 0.3) is 0 Å². The van der Waals surface area contributed by atoms with E-state index in [0.29, 0.717) is 0 Å². The Kier molecular flexibility index (Phi) is 11.8. The molecule has 16 bridgehead atoms. The first-order chi connectivity index (χ1) is 39.7. The summed E-state index contributed by atoms with van der Waals surface area (Å²) >= 11 is -1.28. The molecular formula is C76H66N4OPt. The summed E-state index contributed by atoms with van der Waals surface area (Å²) in [6.07, 6.45) is 3.78. The summed E-state index contributed by atoms with van der Waals surface area (Å²) in [5.41, 5.74) is 28.5. The Morgan fingerprint density at radius 3 is 0.927 bits per heavy atom. The number of para-hydroxylation sites is 4. The van der Waals surface area contributed by atoms with Crippen LogP contribution in [0.5, 0.6) is 11.5 Å². The molecule has 9 aliphatic heterocycles. The maximum atomic E-state index is 7.39. The summed E-state index contributed by atoms with van der Waals surface area (Å²) < 4.78 is 9.84. The zero-order valence-corrected chi connectivity index (χ0v) is 50.2. The monoisotopic (exact) mass is 1250 g/mol. The van der Waals surface area contributed by atoms with E-state index < -0.39 is 17.6 Å². The minimum absolute atomic E-state index is 0.194. The van der Waals surface area contributed by atoms with Crippen molar-refractivity contribution in [3.8, 4) is 56.0 Å². The molecule has 0 aliphatic carbocycles. The molecule has 0 amide bonds. The SMILES string of the molecule is Cc1cc2c3c(c1)-c1ccc(cc1)CCc1ccc(cc1)-c1cc(C)cc(c1N1[C]4=[Pt]=[C]5N(c6cc(cc(C(C)(C)C)c6)Oc6cc(cc(C(C)(C)C)c6)N4c4ccccc41)c1ccccc1N53)-c1ccc(cc1)CCc1ccc-2cc1. The van der Waals surface area contributed by atoms with E-state index in [9.17, 15) is 0 Å². The third kappa shape index (κ3) is 8.62. The maximum absolute atomic E-state index is 7.39. The molecule has 9 aliphatic rings. The van der Waals surface area contributed by atoms with Gasteiger partial charge in [0.2, 0.25) is 0 Å². The molecule has 6 heteroatoms. The van der Waals surface area contributed by atoms with Gasteiger partial charge in [0.15, 0.2) is 0 Å². The van der Waals surface area contributed by atoms with Crippen molar-refractivity contribution in [3.05, 3.63) is 251 Å². The predicted molar refractivity (Wildman–Crippen MR) is 341 cm³/mol. The molecule has 0 saturated carbocycles. The van der Waals surface area contributed by atoms with Crippen molar-refractivity contribution < 1.29 is 22.4 Å². The zero-order chi connectivity index (χ0) is 55.8. The Bertz CT molecular complexity index is 3910. The average molecular weight is 1250 g/mol. The van der Waals surface area contributed by atoms with Crippen LogP contribution in [0.2, 0.25) is 0 Å². The Morgan fingerprint density at radius 2 is 0.634 bits per heavy atom. The first-order valence-electron chi connectivity index (χ1n) is 29.0. The van der Waals surface area contributed by atoms with Crippen molar-refractivity contribution in [2.24, 2.45) is 0 Å². The third-order valence-corrected chi connectivity index (χ3v) is 20.3. The molecule has 19 rings (SSSR count). The van der Waals surface area contributed by atoms with Gasteiger partial charge in [0.1, 0.15) is 0 Å². The second-order valence-corrected chi connectivity index (χ2v) is 27.7. The molecule has 0 unspecified atom stereocenters. The van der Waals surface area contributed by atoms with E-state index in [-0.39, 0.29) is 10.8 Å². The van der Waals surface area contributed by atoms with Crippen molar-refractivity contribution in [1.82, 2.24) is 0 Å². The summed E-state index contributed by atoms with van der Waals surface area (Å²) in [7, 11) is 0. The second kappa shape index (κ2) is 19.1. The molecule has 10 aromatic rings. The van der Waals surface area contributed by atoms with Crippen LogP contribution in [0.4, 0.5) is 45.5 Å². The van der Waals surface area contributed by atoms with Gasteiger partial charge in [-0.1, -0.05) is 0 Å². The molecule has 0 atom stereocenters. The van der Waals surface area contributed by atoms with Gasteiger partial charge < -0.3 is 0 Å². The summed E-state index contributed by atoms with van der Waals surface area (Å²) in [4.78, 5) is 10.6. The summed E-state index contributed by atoms with van der Waals surface area (Å²) in [5.74, 6) is 1.64. The molecule has 9 heterocycles. The van der Waals surface area contributed by atoms with Crippen LogP contribution in [0.1, 0.15) is 86.1 Å². The third-order valence-electron chi connectivity index (χ3n) is 17.2. The fraction of sp³-hybridized carbons (Fsp3) is 0.184. The number of nitrogens with zero attached hydrogens (tertiary/aromatic N) is 4. The van der Waals surface area contributed by atoms with Gasteiger partial charge in [-0.2, -0.15) is 0 Å². The van der Waals surface area contributed by atoms with Crippen LogP contribution in [0.25, 0.3) is 44.5 Å². The Balaban J connectivity index is 1.19. The fourth-order valence-corrected chi connectivity index (χ4v) is 16.4. The number of rotatable bonds is 0. The van der Waals surface area contributed by atoms with Crippen LogP contribution in [0, 0.1) is 13.8 Å².